The van der Waals surface area contributed by atoms with E-state index >= 15 is 0 Å². The molecule has 66 valence electrons. The number of H-pyrrole nitrogens is 1. The number of anilines is 2. The molecule has 0 amide bonds. The summed E-state index contributed by atoms with van der Waals surface area (Å²) in [4.78, 5) is 18.1. The monoisotopic (exact) mass is 177 g/mol. The summed E-state index contributed by atoms with van der Waals surface area (Å²) in [6, 6.07) is 0. The zero-order valence-electron chi connectivity index (χ0n) is 6.60. The van der Waals surface area contributed by atoms with Crippen molar-refractivity contribution < 1.29 is 0 Å². The lowest BCUT2D eigenvalue weighted by Crippen LogP contribution is -2.04. The quantitative estimate of drug-likeness (QED) is 0.536. The van der Waals surface area contributed by atoms with Gasteiger partial charge in [-0.15, -0.1) is 0 Å². The summed E-state index contributed by atoms with van der Waals surface area (Å²) in [5.74, 6) is 1.02. The lowest BCUT2D eigenvalue weighted by atomic mass is 10.5. The Morgan fingerprint density at radius 1 is 1.08 bits per heavy atom. The first-order valence-electron chi connectivity index (χ1n) is 3.52. The van der Waals surface area contributed by atoms with E-state index in [1.54, 1.807) is 12.4 Å². The van der Waals surface area contributed by atoms with Crippen LogP contribution in [0.4, 0.5) is 11.9 Å². The Labute approximate surface area is 73.3 Å². The maximum atomic E-state index is 5.38. The number of rotatable bonds is 1. The van der Waals surface area contributed by atoms with E-state index in [0.29, 0.717) is 11.6 Å². The number of hydrogen-bond donors (Lipinski definition) is 3. The van der Waals surface area contributed by atoms with Gasteiger partial charge in [-0.2, -0.15) is 15.0 Å². The van der Waals surface area contributed by atoms with Crippen LogP contribution in [0, 0.1) is 0 Å². The van der Waals surface area contributed by atoms with E-state index < -0.39 is 0 Å². The van der Waals surface area contributed by atoms with Gasteiger partial charge in [0, 0.05) is 12.4 Å². The van der Waals surface area contributed by atoms with Gasteiger partial charge < -0.3 is 16.5 Å². The van der Waals surface area contributed by atoms with Crippen molar-refractivity contribution in [3.8, 4) is 11.6 Å². The maximum absolute atomic E-state index is 5.38. The van der Waals surface area contributed by atoms with Gasteiger partial charge in [0.25, 0.3) is 0 Å². The molecule has 0 aromatic carbocycles. The number of nitrogens with two attached hydrogens (primary N) is 2. The molecule has 7 nitrogen and oxygen atoms in total. The Balaban J connectivity index is 2.53. The van der Waals surface area contributed by atoms with Crippen molar-refractivity contribution in [1.29, 1.82) is 0 Å². The molecule has 2 heterocycles. The van der Waals surface area contributed by atoms with Crippen molar-refractivity contribution >= 4 is 11.9 Å². The lowest BCUT2D eigenvalue weighted by molar-refractivity contribution is 1.06. The molecule has 2 aromatic heterocycles. The fraction of sp³-hybridized carbons (Fsp3) is 0. The molecule has 0 unspecified atom stereocenters. The molecule has 5 N–H and O–H groups in total. The van der Waals surface area contributed by atoms with E-state index in [0.717, 1.165) is 0 Å². The van der Waals surface area contributed by atoms with Gasteiger partial charge in [0.15, 0.2) is 5.82 Å². The van der Waals surface area contributed by atoms with Crippen LogP contribution in [0.1, 0.15) is 0 Å². The highest BCUT2D eigenvalue weighted by molar-refractivity contribution is 5.47. The maximum Gasteiger partial charge on any atom is 0.225 e. The smallest absolute Gasteiger partial charge is 0.225 e. The summed E-state index contributed by atoms with van der Waals surface area (Å²) in [7, 11) is 0. The first kappa shape index (κ1) is 7.47. The summed E-state index contributed by atoms with van der Waals surface area (Å²) < 4.78 is 0. The Bertz CT molecular complexity index is 387. The normalized spacial score (nSPS) is 10.2. The van der Waals surface area contributed by atoms with Crippen LogP contribution >= 0.6 is 0 Å². The summed E-state index contributed by atoms with van der Waals surface area (Å²) in [6.07, 6.45) is 3.25. The molecule has 0 fully saturated rings. The summed E-state index contributed by atoms with van der Waals surface area (Å²) in [5.41, 5.74) is 10.8. The topological polar surface area (TPSA) is 119 Å². The summed E-state index contributed by atoms with van der Waals surface area (Å²) >= 11 is 0. The van der Waals surface area contributed by atoms with E-state index in [1.165, 1.54) is 0 Å². The van der Waals surface area contributed by atoms with Gasteiger partial charge in [-0.3, -0.25) is 0 Å². The third kappa shape index (κ3) is 1.39. The highest BCUT2D eigenvalue weighted by atomic mass is 15.2. The van der Waals surface area contributed by atoms with Crippen molar-refractivity contribution in [2.75, 3.05) is 11.5 Å². The van der Waals surface area contributed by atoms with Crippen molar-refractivity contribution in [3.05, 3.63) is 12.4 Å². The van der Waals surface area contributed by atoms with Crippen LogP contribution in [0.15, 0.2) is 12.4 Å². The lowest BCUT2D eigenvalue weighted by Gasteiger charge is -1.97. The van der Waals surface area contributed by atoms with Crippen molar-refractivity contribution in [1.82, 2.24) is 24.9 Å². The number of hydrogen-bond acceptors (Lipinski definition) is 6. The number of nitrogens with one attached hydrogen (secondary N) is 1. The average Bonchev–Trinajstić information content (AvgIpc) is 2.53. The van der Waals surface area contributed by atoms with E-state index in [2.05, 4.69) is 24.9 Å². The Kier molecular flexibility index (Phi) is 1.55. The number of imidazole rings is 1. The van der Waals surface area contributed by atoms with Crippen LogP contribution < -0.4 is 11.5 Å². The molecule has 2 aromatic rings. The Morgan fingerprint density at radius 3 is 2.31 bits per heavy atom. The molecule has 0 atom stereocenters. The average molecular weight is 177 g/mol. The molecular formula is C6H7N7. The molecule has 0 bridgehead atoms. The SMILES string of the molecule is Nc1nc(N)nc(-c2ncc[nH]2)n1. The minimum atomic E-state index is 0.0823. The number of aromatic nitrogens is 5. The van der Waals surface area contributed by atoms with E-state index in [9.17, 15) is 0 Å². The molecule has 2 rings (SSSR count). The second-order valence-corrected chi connectivity index (χ2v) is 2.31. The summed E-state index contributed by atoms with van der Waals surface area (Å²) in [5, 5.41) is 0. The predicted octanol–water partition coefficient (Wildman–Crippen LogP) is -0.574. The molecule has 0 radical (unpaired) electrons. The van der Waals surface area contributed by atoms with Crippen molar-refractivity contribution in [3.63, 3.8) is 0 Å². The summed E-state index contributed by atoms with van der Waals surface area (Å²) in [6.45, 7) is 0. The van der Waals surface area contributed by atoms with Crippen LogP contribution in [0.2, 0.25) is 0 Å². The number of nitrogens with zero attached hydrogens (tertiary/aromatic N) is 4. The third-order valence-corrected chi connectivity index (χ3v) is 1.38. The molecule has 7 heteroatoms. The minimum absolute atomic E-state index is 0.0823. The van der Waals surface area contributed by atoms with Crippen molar-refractivity contribution in [2.24, 2.45) is 0 Å². The molecule has 0 aliphatic heterocycles. The van der Waals surface area contributed by atoms with Gasteiger partial charge in [0.2, 0.25) is 17.7 Å². The van der Waals surface area contributed by atoms with Gasteiger partial charge in [0.1, 0.15) is 0 Å². The zero-order valence-corrected chi connectivity index (χ0v) is 6.60. The molecule has 0 aliphatic rings. The standard InChI is InChI=1S/C6H7N7/c7-5-11-4(12-6(8)13-5)3-9-1-2-10-3/h1-2H,(H,9,10)(H4,7,8,11,12,13). The van der Waals surface area contributed by atoms with Crippen LogP contribution in [0.3, 0.4) is 0 Å². The third-order valence-electron chi connectivity index (χ3n) is 1.38. The molecule has 0 spiro atoms. The fourth-order valence-corrected chi connectivity index (χ4v) is 0.903. The van der Waals surface area contributed by atoms with Gasteiger partial charge >= 0.3 is 0 Å². The second-order valence-electron chi connectivity index (χ2n) is 2.31. The second kappa shape index (κ2) is 2.70. The highest BCUT2D eigenvalue weighted by Gasteiger charge is 2.05. The molecule has 0 saturated heterocycles. The van der Waals surface area contributed by atoms with Crippen LogP contribution in [0.25, 0.3) is 11.6 Å². The van der Waals surface area contributed by atoms with Crippen LogP contribution in [-0.2, 0) is 0 Å². The first-order chi connectivity index (χ1) is 6.25. The van der Waals surface area contributed by atoms with E-state index in [1.807, 2.05) is 0 Å². The van der Waals surface area contributed by atoms with Gasteiger partial charge in [-0.05, 0) is 0 Å². The number of aromatic amines is 1. The van der Waals surface area contributed by atoms with Crippen LogP contribution in [-0.4, -0.2) is 24.9 Å². The van der Waals surface area contributed by atoms with Gasteiger partial charge in [-0.1, -0.05) is 0 Å². The van der Waals surface area contributed by atoms with Gasteiger partial charge in [0.05, 0.1) is 0 Å². The van der Waals surface area contributed by atoms with Gasteiger partial charge in [-0.25, -0.2) is 4.98 Å². The Hall–Kier alpha value is -2.18. The Morgan fingerprint density at radius 2 is 1.77 bits per heavy atom. The molecule has 13 heavy (non-hydrogen) atoms. The predicted molar refractivity (Wildman–Crippen MR) is 46.2 cm³/mol. The highest BCUT2D eigenvalue weighted by Crippen LogP contribution is 2.09. The van der Waals surface area contributed by atoms with E-state index in [-0.39, 0.29) is 11.9 Å². The van der Waals surface area contributed by atoms with Crippen molar-refractivity contribution in [2.45, 2.75) is 0 Å². The molecule has 0 saturated carbocycles. The first-order valence-corrected chi connectivity index (χ1v) is 3.52. The van der Waals surface area contributed by atoms with E-state index in [4.69, 9.17) is 11.5 Å². The number of nitrogen functional groups attached to an aromatic ring is 2. The zero-order chi connectivity index (χ0) is 9.26. The fourth-order valence-electron chi connectivity index (χ4n) is 0.903. The minimum Gasteiger partial charge on any atom is -0.368 e. The largest absolute Gasteiger partial charge is 0.368 e. The molecular weight excluding hydrogens is 170 g/mol. The van der Waals surface area contributed by atoms with Crippen LogP contribution in [0.5, 0.6) is 0 Å². The molecule has 0 aliphatic carbocycles.